The summed E-state index contributed by atoms with van der Waals surface area (Å²) in [6, 6.07) is 20.0. The maximum atomic E-state index is 13.9. The lowest BCUT2D eigenvalue weighted by Gasteiger charge is -2.48. The summed E-state index contributed by atoms with van der Waals surface area (Å²) < 4.78 is 0. The average Bonchev–Trinajstić information content (AvgIpc) is 2.97. The molecule has 10 heteroatoms. The van der Waals surface area contributed by atoms with E-state index in [2.05, 4.69) is 59.3 Å². The predicted molar refractivity (Wildman–Crippen MR) is 176 cm³/mol. The van der Waals surface area contributed by atoms with Crippen molar-refractivity contribution >= 4 is 45.8 Å². The topological polar surface area (TPSA) is 118 Å². The second kappa shape index (κ2) is 15.7. The number of amides is 1. The van der Waals surface area contributed by atoms with E-state index >= 15 is 0 Å². The van der Waals surface area contributed by atoms with Crippen LogP contribution in [-0.2, 0) is 17.6 Å². The highest BCUT2D eigenvalue weighted by Gasteiger charge is 2.36. The van der Waals surface area contributed by atoms with Crippen LogP contribution in [0, 0.1) is 11.3 Å². The van der Waals surface area contributed by atoms with Crippen LogP contribution in [0.2, 0.25) is 10.0 Å². The van der Waals surface area contributed by atoms with Crippen molar-refractivity contribution in [2.75, 3.05) is 26.2 Å². The first kappa shape index (κ1) is 33.0. The number of hydrogen-bond acceptors (Lipinski definition) is 5. The van der Waals surface area contributed by atoms with Gasteiger partial charge in [-0.1, -0.05) is 85.6 Å². The minimum Gasteiger partial charge on any atom is -0.355 e. The van der Waals surface area contributed by atoms with Gasteiger partial charge in [0.05, 0.1) is 6.42 Å². The van der Waals surface area contributed by atoms with Gasteiger partial charge in [0.25, 0.3) is 0 Å². The minimum absolute atomic E-state index is 0.0837. The van der Waals surface area contributed by atoms with Gasteiger partial charge in [0.15, 0.2) is 0 Å². The number of nitrogens with one attached hydrogen (secondary N) is 3. The molecule has 1 amide bonds. The van der Waals surface area contributed by atoms with Gasteiger partial charge in [-0.2, -0.15) is 0 Å². The molecule has 0 aromatic heterocycles. The van der Waals surface area contributed by atoms with Crippen molar-refractivity contribution in [3.05, 3.63) is 81.8 Å². The van der Waals surface area contributed by atoms with E-state index < -0.39 is 0 Å². The summed E-state index contributed by atoms with van der Waals surface area (Å²) in [5.41, 5.74) is 10.5. The summed E-state index contributed by atoms with van der Waals surface area (Å²) in [4.78, 5) is 18.5. The second-order valence-corrected chi connectivity index (χ2v) is 12.9. The molecule has 0 unspecified atom stereocenters. The third-order valence-corrected chi connectivity index (χ3v) is 8.72. The Hall–Kier alpha value is -2.88. The van der Waals surface area contributed by atoms with Gasteiger partial charge in [-0.25, -0.2) is 5.48 Å². The number of benzene rings is 3. The summed E-state index contributed by atoms with van der Waals surface area (Å²) in [5, 5.41) is 22.9. The van der Waals surface area contributed by atoms with Crippen LogP contribution in [0.3, 0.4) is 0 Å². The lowest BCUT2D eigenvalue weighted by Crippen LogP contribution is -2.62. The van der Waals surface area contributed by atoms with Crippen LogP contribution in [0.1, 0.15) is 44.2 Å². The Morgan fingerprint density at radius 3 is 2.56 bits per heavy atom. The predicted octanol–water partition coefficient (Wildman–Crippen LogP) is 5.47. The normalized spacial score (nSPS) is 18.2. The zero-order valence-electron chi connectivity index (χ0n) is 25.0. The number of fused-ring (bicyclic) bond motifs is 1. The van der Waals surface area contributed by atoms with E-state index in [4.69, 9.17) is 39.6 Å². The van der Waals surface area contributed by atoms with Crippen LogP contribution >= 0.6 is 23.2 Å². The van der Waals surface area contributed by atoms with Gasteiger partial charge in [0.2, 0.25) is 11.9 Å². The number of carbonyl (C=O) groups is 1. The number of halogens is 2. The monoisotopic (exact) mass is 626 g/mol. The zero-order chi connectivity index (χ0) is 30.9. The van der Waals surface area contributed by atoms with E-state index in [9.17, 15) is 4.79 Å². The summed E-state index contributed by atoms with van der Waals surface area (Å²) in [7, 11) is 0. The molecule has 4 rings (SSSR count). The first-order chi connectivity index (χ1) is 20.6. The first-order valence-electron chi connectivity index (χ1n) is 15.1. The van der Waals surface area contributed by atoms with Gasteiger partial charge in [-0.15, -0.1) is 0 Å². The van der Waals surface area contributed by atoms with E-state index in [0.717, 1.165) is 42.3 Å². The molecule has 1 aliphatic rings. The maximum absolute atomic E-state index is 13.9. The van der Waals surface area contributed by atoms with Gasteiger partial charge in [0, 0.05) is 54.3 Å². The fourth-order valence-electron chi connectivity index (χ4n) is 6.11. The molecule has 0 bridgehead atoms. The lowest BCUT2D eigenvalue weighted by atomic mass is 9.94. The second-order valence-electron chi connectivity index (χ2n) is 12.1. The molecule has 232 valence electrons. The number of hydroxylamine groups is 1. The molecule has 3 aromatic rings. The molecule has 1 fully saturated rings. The van der Waals surface area contributed by atoms with Crippen LogP contribution < -0.4 is 16.5 Å². The van der Waals surface area contributed by atoms with Crippen molar-refractivity contribution in [3.8, 4) is 0 Å². The molecule has 0 radical (unpaired) electrons. The molecule has 43 heavy (non-hydrogen) atoms. The van der Waals surface area contributed by atoms with Crippen molar-refractivity contribution in [1.82, 2.24) is 20.6 Å². The van der Waals surface area contributed by atoms with E-state index in [1.165, 1.54) is 5.39 Å². The largest absolute Gasteiger partial charge is 0.355 e. The number of hydrogen-bond donors (Lipinski definition) is 5. The van der Waals surface area contributed by atoms with Crippen molar-refractivity contribution in [1.29, 1.82) is 5.41 Å². The van der Waals surface area contributed by atoms with Crippen molar-refractivity contribution in [2.24, 2.45) is 11.7 Å². The fourth-order valence-corrected chi connectivity index (χ4v) is 6.60. The van der Waals surface area contributed by atoms with Gasteiger partial charge in [-0.05, 0) is 65.6 Å². The molecule has 1 aliphatic heterocycles. The zero-order valence-corrected chi connectivity index (χ0v) is 26.5. The van der Waals surface area contributed by atoms with Gasteiger partial charge >= 0.3 is 0 Å². The van der Waals surface area contributed by atoms with Crippen LogP contribution in [0.5, 0.6) is 0 Å². The summed E-state index contributed by atoms with van der Waals surface area (Å²) >= 11 is 12.6. The van der Waals surface area contributed by atoms with Crippen molar-refractivity contribution in [3.63, 3.8) is 0 Å². The van der Waals surface area contributed by atoms with E-state index in [0.29, 0.717) is 48.4 Å². The summed E-state index contributed by atoms with van der Waals surface area (Å²) in [5.74, 6) is 0.445. The SMILES string of the molecule is CC(C)C[C@@H]1CN(C[C@H](N)Cc2ccc(Cl)cc2Cl)[C@@H](CCCNC(=N)NO)CN1C(=O)Cc1ccc2ccccc2c1. The minimum atomic E-state index is -0.148. The number of guanidine groups is 1. The quantitative estimate of drug-likeness (QED) is 0.0787. The molecule has 3 atom stereocenters. The Bertz CT molecular complexity index is 1390. The molecule has 0 saturated carbocycles. The smallest absolute Gasteiger partial charge is 0.227 e. The van der Waals surface area contributed by atoms with Crippen LogP contribution in [0.4, 0.5) is 0 Å². The summed E-state index contributed by atoms with van der Waals surface area (Å²) in [6.45, 7) is 6.97. The molecule has 6 N–H and O–H groups in total. The highest BCUT2D eigenvalue weighted by molar-refractivity contribution is 6.35. The molecule has 0 aliphatic carbocycles. The third-order valence-electron chi connectivity index (χ3n) is 8.14. The Morgan fingerprint density at radius 2 is 1.84 bits per heavy atom. The molecule has 1 saturated heterocycles. The van der Waals surface area contributed by atoms with Crippen molar-refractivity contribution in [2.45, 2.75) is 64.1 Å². The molecule has 8 nitrogen and oxygen atoms in total. The van der Waals surface area contributed by atoms with Crippen LogP contribution in [0.25, 0.3) is 10.8 Å². The number of rotatable bonds is 12. The Morgan fingerprint density at radius 1 is 1.07 bits per heavy atom. The first-order valence-corrected chi connectivity index (χ1v) is 15.8. The molecule has 0 spiro atoms. The van der Waals surface area contributed by atoms with E-state index in [1.807, 2.05) is 29.7 Å². The van der Waals surface area contributed by atoms with Gasteiger partial charge in [0.1, 0.15) is 0 Å². The number of nitrogens with zero attached hydrogens (tertiary/aromatic N) is 2. The van der Waals surface area contributed by atoms with Gasteiger partial charge in [-0.3, -0.25) is 20.3 Å². The van der Waals surface area contributed by atoms with E-state index in [1.54, 1.807) is 6.07 Å². The summed E-state index contributed by atoms with van der Waals surface area (Å²) in [6.07, 6.45) is 3.48. The standard InChI is InChI=1S/C33H44Cl2N6O2/c1-22(2)14-30-20-40(19-28(36)17-26-11-12-27(34)18-31(26)35)29(8-5-13-38-33(37)39-43)21-41(30)32(42)16-23-9-10-24-6-3-4-7-25(24)15-23/h3-4,6-7,9-12,15,18,22,28-30,43H,5,8,13-14,16-17,19-21,36H2,1-2H3,(H3,37,38,39)/t28-,29+,30-/m1/s1. The molecular weight excluding hydrogens is 583 g/mol. The fraction of sp³-hybridized carbons (Fsp3) is 0.455. The molecular formula is C33H44Cl2N6O2. The van der Waals surface area contributed by atoms with Crippen molar-refractivity contribution < 1.29 is 10.0 Å². The van der Waals surface area contributed by atoms with Gasteiger partial charge < -0.3 is 16.0 Å². The molecule has 1 heterocycles. The number of carbonyl (C=O) groups excluding carboxylic acids is 1. The Balaban J connectivity index is 1.51. The van der Waals surface area contributed by atoms with E-state index in [-0.39, 0.29) is 30.0 Å². The third kappa shape index (κ3) is 9.55. The highest BCUT2D eigenvalue weighted by Crippen LogP contribution is 2.27. The number of nitrogens with two attached hydrogens (primary N) is 1. The average molecular weight is 628 g/mol. The Kier molecular flexibility index (Phi) is 12.1. The number of piperazine rings is 1. The highest BCUT2D eigenvalue weighted by atomic mass is 35.5. The lowest BCUT2D eigenvalue weighted by molar-refractivity contribution is -0.138. The van der Waals surface area contributed by atoms with Crippen LogP contribution in [-0.4, -0.2) is 71.2 Å². The molecule has 3 aromatic carbocycles. The maximum Gasteiger partial charge on any atom is 0.227 e. The van der Waals surface area contributed by atoms with Crippen LogP contribution in [0.15, 0.2) is 60.7 Å². The Labute approximate surface area is 265 Å².